The van der Waals surface area contributed by atoms with Crippen LogP contribution in [-0.2, 0) is 32.1 Å². The molecule has 1 aliphatic carbocycles. The van der Waals surface area contributed by atoms with Crippen molar-refractivity contribution in [3.63, 3.8) is 0 Å². The van der Waals surface area contributed by atoms with Gasteiger partial charge in [0, 0.05) is 25.3 Å². The summed E-state index contributed by atoms with van der Waals surface area (Å²) in [6.07, 6.45) is 5.08. The van der Waals surface area contributed by atoms with Gasteiger partial charge in [0.15, 0.2) is 0 Å². The zero-order chi connectivity index (χ0) is 30.8. The van der Waals surface area contributed by atoms with Gasteiger partial charge in [-0.1, -0.05) is 18.2 Å². The Kier molecular flexibility index (Phi) is 9.01. The molecule has 1 saturated carbocycles. The number of nitrogens with zero attached hydrogens (tertiary/aromatic N) is 3. The number of benzene rings is 1. The Balaban J connectivity index is 1.44. The van der Waals surface area contributed by atoms with Crippen LogP contribution >= 0.6 is 11.3 Å². The van der Waals surface area contributed by atoms with E-state index in [1.165, 1.54) is 22.2 Å². The molecule has 0 unspecified atom stereocenters. The second-order valence-electron chi connectivity index (χ2n) is 11.3. The van der Waals surface area contributed by atoms with E-state index in [2.05, 4.69) is 4.98 Å². The van der Waals surface area contributed by atoms with Gasteiger partial charge in [0.1, 0.15) is 22.9 Å². The molecular formula is C32H37N3O8S. The van der Waals surface area contributed by atoms with Crippen molar-refractivity contribution in [2.75, 3.05) is 26.9 Å². The zero-order valence-electron chi connectivity index (χ0n) is 25.2. The molecule has 0 radical (unpaired) electrons. The van der Waals surface area contributed by atoms with E-state index in [4.69, 9.17) is 23.4 Å². The number of carbonyl (C=O) groups excluding carboxylic acids is 1. The molecule has 3 aromatic heterocycles. The smallest absolute Gasteiger partial charge is 0.332 e. The lowest BCUT2D eigenvalue weighted by Crippen LogP contribution is -2.45. The van der Waals surface area contributed by atoms with E-state index in [1.54, 1.807) is 24.8 Å². The van der Waals surface area contributed by atoms with Crippen molar-refractivity contribution in [2.24, 2.45) is 11.8 Å². The second kappa shape index (κ2) is 13.1. The van der Waals surface area contributed by atoms with Crippen LogP contribution in [0.25, 0.3) is 21.0 Å². The van der Waals surface area contributed by atoms with Crippen LogP contribution in [0.4, 0.5) is 0 Å². The standard InChI is InChI=1S/C32H37N3O8S/c1-4-41-31(37)21-15-20(16-21)17-34-29(36)26-19(2)27(28-33-11-14-42-28)44-30(26)35(32(34)38)18-25(43-22-9-12-40-13-10-22)23-7-5-6-8-24(23)39-3/h5-8,11,14,20-22,25H,4,9-10,12-13,15-18H2,1-3H3/t20?,21?,25-/m0/s1. The Labute approximate surface area is 258 Å². The molecule has 0 spiro atoms. The number of oxazole rings is 1. The molecule has 44 heavy (non-hydrogen) atoms. The number of ether oxygens (including phenoxy) is 4. The molecule has 4 heterocycles. The van der Waals surface area contributed by atoms with Gasteiger partial charge in [-0.2, -0.15) is 0 Å². The Morgan fingerprint density at radius 2 is 1.93 bits per heavy atom. The van der Waals surface area contributed by atoms with Crippen LogP contribution in [0.1, 0.15) is 49.8 Å². The molecule has 1 atom stereocenters. The van der Waals surface area contributed by atoms with Crippen LogP contribution in [0, 0.1) is 18.8 Å². The summed E-state index contributed by atoms with van der Waals surface area (Å²) in [4.78, 5) is 46.1. The summed E-state index contributed by atoms with van der Waals surface area (Å²) in [5, 5.41) is 0.453. The van der Waals surface area contributed by atoms with E-state index < -0.39 is 11.8 Å². The maximum Gasteiger partial charge on any atom is 0.332 e. The van der Waals surface area contributed by atoms with Gasteiger partial charge < -0.3 is 23.4 Å². The third-order valence-electron chi connectivity index (χ3n) is 8.58. The van der Waals surface area contributed by atoms with Crippen molar-refractivity contribution in [1.29, 1.82) is 0 Å². The molecule has 234 valence electrons. The summed E-state index contributed by atoms with van der Waals surface area (Å²) in [5.74, 6) is 0.630. The lowest BCUT2D eigenvalue weighted by Gasteiger charge is -2.33. The molecule has 4 aromatic rings. The first-order valence-electron chi connectivity index (χ1n) is 15.1. The molecule has 1 saturated heterocycles. The highest BCUT2D eigenvalue weighted by molar-refractivity contribution is 7.22. The van der Waals surface area contributed by atoms with Gasteiger partial charge in [0.2, 0.25) is 5.89 Å². The predicted octanol–water partition coefficient (Wildman–Crippen LogP) is 4.72. The van der Waals surface area contributed by atoms with Crippen LogP contribution in [0.15, 0.2) is 50.7 Å². The van der Waals surface area contributed by atoms with E-state index in [9.17, 15) is 14.4 Å². The van der Waals surface area contributed by atoms with Crippen molar-refractivity contribution in [1.82, 2.24) is 14.1 Å². The number of rotatable bonds is 11. The Morgan fingerprint density at radius 3 is 2.64 bits per heavy atom. The molecule has 1 aliphatic heterocycles. The lowest BCUT2D eigenvalue weighted by atomic mass is 9.75. The topological polar surface area (TPSA) is 124 Å². The summed E-state index contributed by atoms with van der Waals surface area (Å²) in [6, 6.07) is 7.64. The quantitative estimate of drug-likeness (QED) is 0.218. The first-order valence-corrected chi connectivity index (χ1v) is 15.9. The molecule has 0 N–H and O–H groups in total. The zero-order valence-corrected chi connectivity index (χ0v) is 26.0. The van der Waals surface area contributed by atoms with E-state index in [0.717, 1.165) is 18.4 Å². The largest absolute Gasteiger partial charge is 0.496 e. The van der Waals surface area contributed by atoms with Crippen molar-refractivity contribution in [2.45, 2.75) is 64.8 Å². The molecular weight excluding hydrogens is 586 g/mol. The molecule has 12 heteroatoms. The number of fused-ring (bicyclic) bond motifs is 1. The number of esters is 1. The SMILES string of the molecule is CCOC(=O)C1CC(Cn2c(=O)c3c(C)c(-c4ncco4)sc3n(C[C@H](OC3CCOCC3)c3ccccc3OC)c2=O)C1. The fraction of sp³-hybridized carbons (Fsp3) is 0.500. The number of aromatic nitrogens is 3. The van der Waals surface area contributed by atoms with Crippen LogP contribution in [0.3, 0.4) is 0 Å². The minimum absolute atomic E-state index is 0.00867. The van der Waals surface area contributed by atoms with E-state index in [1.807, 2.05) is 31.2 Å². The average Bonchev–Trinajstić information content (AvgIpc) is 3.66. The van der Waals surface area contributed by atoms with Crippen LogP contribution in [-0.4, -0.2) is 53.1 Å². The molecule has 0 bridgehead atoms. The van der Waals surface area contributed by atoms with Crippen molar-refractivity contribution < 1.29 is 28.2 Å². The summed E-state index contributed by atoms with van der Waals surface area (Å²) in [5.41, 5.74) is 0.748. The summed E-state index contributed by atoms with van der Waals surface area (Å²) >= 11 is 1.31. The van der Waals surface area contributed by atoms with Crippen LogP contribution < -0.4 is 16.0 Å². The number of para-hydroxylation sites is 1. The third-order valence-corrected chi connectivity index (χ3v) is 9.88. The Hall–Kier alpha value is -3.74. The van der Waals surface area contributed by atoms with Gasteiger partial charge >= 0.3 is 11.7 Å². The normalized spacial score (nSPS) is 19.5. The number of carbonyl (C=O) groups is 1. The number of aryl methyl sites for hydroxylation is 1. The number of hydrogen-bond acceptors (Lipinski definition) is 10. The van der Waals surface area contributed by atoms with Crippen molar-refractivity contribution in [3.05, 3.63) is 68.7 Å². The van der Waals surface area contributed by atoms with Crippen molar-refractivity contribution in [3.8, 4) is 16.5 Å². The Bertz CT molecular complexity index is 1730. The molecule has 11 nitrogen and oxygen atoms in total. The minimum atomic E-state index is -0.536. The maximum atomic E-state index is 14.3. The Morgan fingerprint density at radius 1 is 1.16 bits per heavy atom. The van der Waals surface area contributed by atoms with E-state index >= 15 is 0 Å². The fourth-order valence-corrected chi connectivity index (χ4v) is 7.45. The first-order chi connectivity index (χ1) is 21.4. The second-order valence-corrected chi connectivity index (χ2v) is 12.3. The predicted molar refractivity (Wildman–Crippen MR) is 164 cm³/mol. The van der Waals surface area contributed by atoms with Gasteiger partial charge in [0.05, 0.1) is 48.7 Å². The van der Waals surface area contributed by atoms with E-state index in [0.29, 0.717) is 65.0 Å². The van der Waals surface area contributed by atoms with Crippen LogP contribution in [0.2, 0.25) is 0 Å². The van der Waals surface area contributed by atoms with Gasteiger partial charge in [0.25, 0.3) is 5.56 Å². The van der Waals surface area contributed by atoms with Gasteiger partial charge in [-0.3, -0.25) is 18.7 Å². The third kappa shape index (κ3) is 5.85. The molecule has 2 fully saturated rings. The number of hydrogen-bond donors (Lipinski definition) is 0. The molecule has 0 amide bonds. The highest BCUT2D eigenvalue weighted by atomic mass is 32.1. The summed E-state index contributed by atoms with van der Waals surface area (Å²) in [6.45, 7) is 5.56. The van der Waals surface area contributed by atoms with Crippen LogP contribution in [0.5, 0.6) is 5.75 Å². The number of methoxy groups -OCH3 is 1. The molecule has 2 aliphatic rings. The van der Waals surface area contributed by atoms with Gasteiger partial charge in [-0.15, -0.1) is 11.3 Å². The molecule has 1 aromatic carbocycles. The fourth-order valence-electron chi connectivity index (χ4n) is 6.21. The summed E-state index contributed by atoms with van der Waals surface area (Å²) in [7, 11) is 1.61. The minimum Gasteiger partial charge on any atom is -0.496 e. The maximum absolute atomic E-state index is 14.3. The summed E-state index contributed by atoms with van der Waals surface area (Å²) < 4.78 is 31.7. The van der Waals surface area contributed by atoms with E-state index in [-0.39, 0.29) is 42.6 Å². The lowest BCUT2D eigenvalue weighted by molar-refractivity contribution is -0.153. The highest BCUT2D eigenvalue weighted by Crippen LogP contribution is 2.39. The number of thiophene rings is 1. The molecule has 6 rings (SSSR count). The highest BCUT2D eigenvalue weighted by Gasteiger charge is 2.37. The van der Waals surface area contributed by atoms with Gasteiger partial charge in [-0.25, -0.2) is 9.78 Å². The van der Waals surface area contributed by atoms with Gasteiger partial charge in [-0.05, 0) is 57.1 Å². The average molecular weight is 624 g/mol. The monoisotopic (exact) mass is 623 g/mol. The first kappa shape index (κ1) is 30.3. The van der Waals surface area contributed by atoms with Crippen molar-refractivity contribution >= 4 is 27.5 Å².